The first-order chi connectivity index (χ1) is 8.92. The highest BCUT2D eigenvalue weighted by Gasteiger charge is 2.19. The van der Waals surface area contributed by atoms with Gasteiger partial charge in [-0.15, -0.1) is 0 Å². The molecule has 0 heterocycles. The summed E-state index contributed by atoms with van der Waals surface area (Å²) in [5.74, 6) is -1.11. The maximum absolute atomic E-state index is 11.9. The molecule has 0 aliphatic heterocycles. The molecule has 1 rings (SSSR count). The van der Waals surface area contributed by atoms with Crippen LogP contribution in [-0.4, -0.2) is 33.1 Å². The number of carbonyl (C=O) groups is 1. The summed E-state index contributed by atoms with van der Waals surface area (Å²) in [6, 6.07) is 3.48. The lowest BCUT2D eigenvalue weighted by Gasteiger charge is -2.08. The molecule has 0 spiro atoms. The third kappa shape index (κ3) is 3.93. The van der Waals surface area contributed by atoms with Gasteiger partial charge in [0.15, 0.2) is 0 Å². The summed E-state index contributed by atoms with van der Waals surface area (Å²) >= 11 is 0. The summed E-state index contributed by atoms with van der Waals surface area (Å²) in [5.41, 5.74) is -0.180. The number of methoxy groups -OCH3 is 1. The summed E-state index contributed by atoms with van der Waals surface area (Å²) < 4.78 is 30.8. The number of rotatable bonds is 6. The number of hydrogen-bond donors (Lipinski definition) is 2. The molecule has 1 aromatic carbocycles. The van der Waals surface area contributed by atoms with E-state index in [0.29, 0.717) is 6.54 Å². The second-order valence-corrected chi connectivity index (χ2v) is 5.69. The van der Waals surface area contributed by atoms with Crippen molar-refractivity contribution in [2.45, 2.75) is 24.7 Å². The SMILES string of the molecule is CCCCNS(=O)(=O)c1ccc(O)c(C(=O)OC)c1. The Morgan fingerprint density at radius 3 is 2.68 bits per heavy atom. The third-order valence-corrected chi connectivity index (χ3v) is 3.96. The van der Waals surface area contributed by atoms with E-state index in [0.717, 1.165) is 32.1 Å². The van der Waals surface area contributed by atoms with Crippen LogP contribution in [-0.2, 0) is 14.8 Å². The first-order valence-corrected chi connectivity index (χ1v) is 7.31. The summed E-state index contributed by atoms with van der Waals surface area (Å²) in [6.45, 7) is 2.28. The van der Waals surface area contributed by atoms with Gasteiger partial charge in [-0.25, -0.2) is 17.9 Å². The van der Waals surface area contributed by atoms with E-state index in [-0.39, 0.29) is 16.2 Å². The Bertz CT molecular complexity index is 553. The van der Waals surface area contributed by atoms with Crippen molar-refractivity contribution in [2.24, 2.45) is 0 Å². The molecule has 2 N–H and O–H groups in total. The molecule has 0 amide bonds. The zero-order valence-corrected chi connectivity index (χ0v) is 11.7. The van der Waals surface area contributed by atoms with Crippen LogP contribution in [0.25, 0.3) is 0 Å². The van der Waals surface area contributed by atoms with E-state index in [9.17, 15) is 18.3 Å². The van der Waals surface area contributed by atoms with Crippen LogP contribution in [0.4, 0.5) is 0 Å². The van der Waals surface area contributed by atoms with Crippen LogP contribution in [0.15, 0.2) is 23.1 Å². The Hall–Kier alpha value is -1.60. The number of unbranched alkanes of at least 4 members (excludes halogenated alkanes) is 1. The van der Waals surface area contributed by atoms with Crippen LogP contribution in [0.5, 0.6) is 5.75 Å². The monoisotopic (exact) mass is 287 g/mol. The van der Waals surface area contributed by atoms with Crippen molar-refractivity contribution in [1.82, 2.24) is 4.72 Å². The number of phenols is 1. The van der Waals surface area contributed by atoms with E-state index >= 15 is 0 Å². The second-order valence-electron chi connectivity index (χ2n) is 3.92. The van der Waals surface area contributed by atoms with Gasteiger partial charge in [0.05, 0.1) is 12.0 Å². The molecule has 1 aromatic rings. The van der Waals surface area contributed by atoms with Gasteiger partial charge in [0.25, 0.3) is 0 Å². The molecule has 19 heavy (non-hydrogen) atoms. The number of nitrogens with one attached hydrogen (secondary N) is 1. The molecular formula is C12H17NO5S. The summed E-state index contributed by atoms with van der Waals surface area (Å²) in [5, 5.41) is 9.50. The molecule has 0 radical (unpaired) electrons. The molecule has 6 nitrogen and oxygen atoms in total. The van der Waals surface area contributed by atoms with Gasteiger partial charge >= 0.3 is 5.97 Å². The molecule has 0 saturated carbocycles. The van der Waals surface area contributed by atoms with Crippen molar-refractivity contribution in [3.63, 3.8) is 0 Å². The molecule has 7 heteroatoms. The highest BCUT2D eigenvalue weighted by Crippen LogP contribution is 2.22. The molecule has 0 aliphatic carbocycles. The van der Waals surface area contributed by atoms with E-state index in [4.69, 9.17) is 0 Å². The number of phenolic OH excluding ortho intramolecular Hbond substituents is 1. The van der Waals surface area contributed by atoms with Crippen LogP contribution in [0, 0.1) is 0 Å². The second kappa shape index (κ2) is 6.53. The first-order valence-electron chi connectivity index (χ1n) is 5.83. The molecule has 0 unspecified atom stereocenters. The largest absolute Gasteiger partial charge is 0.507 e. The van der Waals surface area contributed by atoms with Crippen molar-refractivity contribution < 1.29 is 23.1 Å². The smallest absolute Gasteiger partial charge is 0.341 e. The van der Waals surface area contributed by atoms with E-state index in [2.05, 4.69) is 9.46 Å². The lowest BCUT2D eigenvalue weighted by molar-refractivity contribution is 0.0597. The Kier molecular flexibility index (Phi) is 5.31. The lowest BCUT2D eigenvalue weighted by atomic mass is 10.2. The molecule has 0 aliphatic rings. The van der Waals surface area contributed by atoms with Crippen molar-refractivity contribution in [3.8, 4) is 5.75 Å². The van der Waals surface area contributed by atoms with Gasteiger partial charge in [-0.1, -0.05) is 13.3 Å². The van der Waals surface area contributed by atoms with Gasteiger partial charge in [-0.05, 0) is 24.6 Å². The molecule has 0 atom stereocenters. The van der Waals surface area contributed by atoms with Gasteiger partial charge in [0, 0.05) is 6.54 Å². The predicted octanol–water partition coefficient (Wildman–Crippen LogP) is 1.26. The lowest BCUT2D eigenvalue weighted by Crippen LogP contribution is -2.25. The number of benzene rings is 1. The number of sulfonamides is 1. The minimum Gasteiger partial charge on any atom is -0.507 e. The Morgan fingerprint density at radius 1 is 1.42 bits per heavy atom. The molecular weight excluding hydrogens is 270 g/mol. The zero-order chi connectivity index (χ0) is 14.5. The van der Waals surface area contributed by atoms with E-state index in [1.807, 2.05) is 6.92 Å². The molecule has 0 bridgehead atoms. The van der Waals surface area contributed by atoms with Gasteiger partial charge in [0.1, 0.15) is 11.3 Å². The Labute approximate surface area is 112 Å². The van der Waals surface area contributed by atoms with Crippen LogP contribution in [0.2, 0.25) is 0 Å². The normalized spacial score (nSPS) is 11.3. The molecule has 106 valence electrons. The van der Waals surface area contributed by atoms with E-state index in [1.54, 1.807) is 0 Å². The minimum absolute atomic E-state index is 0.0817. The topological polar surface area (TPSA) is 92.7 Å². The average molecular weight is 287 g/mol. The van der Waals surface area contributed by atoms with Crippen molar-refractivity contribution in [1.29, 1.82) is 0 Å². The van der Waals surface area contributed by atoms with Gasteiger partial charge in [-0.3, -0.25) is 0 Å². The van der Waals surface area contributed by atoms with Crippen LogP contribution in [0.3, 0.4) is 0 Å². The van der Waals surface area contributed by atoms with Crippen LogP contribution in [0.1, 0.15) is 30.1 Å². The molecule has 0 fully saturated rings. The Morgan fingerprint density at radius 2 is 2.11 bits per heavy atom. The summed E-state index contributed by atoms with van der Waals surface area (Å²) in [6.07, 6.45) is 1.59. The average Bonchev–Trinajstić information content (AvgIpc) is 2.38. The van der Waals surface area contributed by atoms with Gasteiger partial charge < -0.3 is 9.84 Å². The van der Waals surface area contributed by atoms with E-state index < -0.39 is 16.0 Å². The fourth-order valence-electron chi connectivity index (χ4n) is 1.42. The Balaban J connectivity index is 3.04. The number of ether oxygens (including phenoxy) is 1. The number of aromatic hydroxyl groups is 1. The van der Waals surface area contributed by atoms with Crippen LogP contribution >= 0.6 is 0 Å². The van der Waals surface area contributed by atoms with Gasteiger partial charge in [0.2, 0.25) is 10.0 Å². The van der Waals surface area contributed by atoms with Gasteiger partial charge in [-0.2, -0.15) is 0 Å². The predicted molar refractivity (Wildman–Crippen MR) is 69.5 cm³/mol. The number of hydrogen-bond acceptors (Lipinski definition) is 5. The zero-order valence-electron chi connectivity index (χ0n) is 10.8. The van der Waals surface area contributed by atoms with E-state index in [1.165, 1.54) is 6.07 Å². The standard InChI is InChI=1S/C12H17NO5S/c1-3-4-7-13-19(16,17)9-5-6-11(14)10(8-9)12(15)18-2/h5-6,8,13-14H,3-4,7H2,1-2H3. The first kappa shape index (κ1) is 15.5. The highest BCUT2D eigenvalue weighted by molar-refractivity contribution is 7.89. The van der Waals surface area contributed by atoms with Crippen molar-refractivity contribution >= 4 is 16.0 Å². The maximum Gasteiger partial charge on any atom is 0.341 e. The minimum atomic E-state index is -3.68. The van der Waals surface area contributed by atoms with Crippen molar-refractivity contribution in [3.05, 3.63) is 23.8 Å². The highest BCUT2D eigenvalue weighted by atomic mass is 32.2. The fraction of sp³-hybridized carbons (Fsp3) is 0.417. The summed E-state index contributed by atoms with van der Waals surface area (Å²) in [7, 11) is -2.53. The van der Waals surface area contributed by atoms with Crippen molar-refractivity contribution in [2.75, 3.05) is 13.7 Å². The quantitative estimate of drug-likeness (QED) is 0.607. The summed E-state index contributed by atoms with van der Waals surface area (Å²) in [4.78, 5) is 11.3. The number of carbonyl (C=O) groups excluding carboxylic acids is 1. The van der Waals surface area contributed by atoms with Crippen LogP contribution < -0.4 is 4.72 Å². The number of esters is 1. The molecule has 0 aromatic heterocycles. The fourth-order valence-corrected chi connectivity index (χ4v) is 2.52. The molecule has 0 saturated heterocycles. The third-order valence-electron chi connectivity index (χ3n) is 2.51. The maximum atomic E-state index is 11.9.